The summed E-state index contributed by atoms with van der Waals surface area (Å²) in [6, 6.07) is 2.00. The molecule has 0 aliphatic rings. The minimum Gasteiger partial charge on any atom is -0.369 e. The molecule has 0 atom stereocenters. The van der Waals surface area contributed by atoms with Crippen molar-refractivity contribution in [1.29, 1.82) is 0 Å². The van der Waals surface area contributed by atoms with E-state index < -0.39 is 0 Å². The molecule has 0 saturated heterocycles. The van der Waals surface area contributed by atoms with Gasteiger partial charge in [0.2, 0.25) is 0 Å². The van der Waals surface area contributed by atoms with Gasteiger partial charge in [0.15, 0.2) is 0 Å². The molecule has 3 nitrogen and oxygen atoms in total. The molecule has 0 aromatic carbocycles. The molecule has 0 spiro atoms. The third kappa shape index (κ3) is 2.86. The molecule has 0 saturated carbocycles. The van der Waals surface area contributed by atoms with Gasteiger partial charge in [-0.3, -0.25) is 0 Å². The second kappa shape index (κ2) is 4.70. The number of aromatic nitrogens is 2. The molecule has 12 heavy (non-hydrogen) atoms. The van der Waals surface area contributed by atoms with Gasteiger partial charge in [0.1, 0.15) is 5.82 Å². The molecule has 66 valence electrons. The van der Waals surface area contributed by atoms with Crippen molar-refractivity contribution in [2.24, 2.45) is 0 Å². The minimum atomic E-state index is 0.878. The van der Waals surface area contributed by atoms with Gasteiger partial charge in [-0.25, -0.2) is 0 Å². The lowest BCUT2D eigenvalue weighted by atomic mass is 10.3. The van der Waals surface area contributed by atoms with E-state index in [0.29, 0.717) is 0 Å². The monoisotopic (exact) mass is 165 g/mol. The zero-order valence-electron chi connectivity index (χ0n) is 7.67. The fourth-order valence-corrected chi connectivity index (χ4v) is 0.944. The summed E-state index contributed by atoms with van der Waals surface area (Å²) in [5, 5.41) is 11.0. The lowest BCUT2D eigenvalue weighted by molar-refractivity contribution is 0.826. The Morgan fingerprint density at radius 2 is 2.33 bits per heavy atom. The van der Waals surface area contributed by atoms with E-state index in [4.69, 9.17) is 0 Å². The van der Waals surface area contributed by atoms with Crippen molar-refractivity contribution < 1.29 is 0 Å². The number of nitrogens with zero attached hydrogens (tertiary/aromatic N) is 2. The first kappa shape index (κ1) is 8.97. The van der Waals surface area contributed by atoms with Crippen LogP contribution >= 0.6 is 0 Å². The summed E-state index contributed by atoms with van der Waals surface area (Å²) in [4.78, 5) is 0. The maximum absolute atomic E-state index is 3.95. The topological polar surface area (TPSA) is 37.8 Å². The van der Waals surface area contributed by atoms with Gasteiger partial charge < -0.3 is 5.32 Å². The van der Waals surface area contributed by atoms with Crippen LogP contribution in [0, 0.1) is 6.92 Å². The SMILES string of the molecule is CCCCNc1cc(C)cnn1. The van der Waals surface area contributed by atoms with Crippen molar-refractivity contribution in [2.45, 2.75) is 26.7 Å². The van der Waals surface area contributed by atoms with Crippen molar-refractivity contribution in [3.05, 3.63) is 17.8 Å². The molecule has 0 unspecified atom stereocenters. The van der Waals surface area contributed by atoms with Crippen LogP contribution in [-0.2, 0) is 0 Å². The van der Waals surface area contributed by atoms with E-state index in [9.17, 15) is 0 Å². The Morgan fingerprint density at radius 3 is 3.00 bits per heavy atom. The number of nitrogens with one attached hydrogen (secondary N) is 1. The molecular formula is C9H15N3. The van der Waals surface area contributed by atoms with E-state index in [1.165, 1.54) is 12.8 Å². The Morgan fingerprint density at radius 1 is 1.50 bits per heavy atom. The number of unbranched alkanes of at least 4 members (excludes halogenated alkanes) is 1. The molecule has 0 aliphatic carbocycles. The predicted molar refractivity (Wildman–Crippen MR) is 50.2 cm³/mol. The maximum atomic E-state index is 3.95. The molecule has 0 bridgehead atoms. The maximum Gasteiger partial charge on any atom is 0.148 e. The largest absolute Gasteiger partial charge is 0.369 e. The van der Waals surface area contributed by atoms with Gasteiger partial charge in [0, 0.05) is 6.54 Å². The summed E-state index contributed by atoms with van der Waals surface area (Å²) >= 11 is 0. The van der Waals surface area contributed by atoms with Gasteiger partial charge in [0.05, 0.1) is 6.20 Å². The summed E-state index contributed by atoms with van der Waals surface area (Å²) in [5.41, 5.74) is 1.14. The number of hydrogen-bond acceptors (Lipinski definition) is 3. The average Bonchev–Trinajstić information content (AvgIpc) is 2.05. The average molecular weight is 165 g/mol. The van der Waals surface area contributed by atoms with Crippen LogP contribution in [-0.4, -0.2) is 16.7 Å². The van der Waals surface area contributed by atoms with E-state index in [2.05, 4.69) is 22.4 Å². The van der Waals surface area contributed by atoms with Crippen LogP contribution < -0.4 is 5.32 Å². The van der Waals surface area contributed by atoms with Crippen LogP contribution in [0.2, 0.25) is 0 Å². The van der Waals surface area contributed by atoms with Crippen LogP contribution in [0.25, 0.3) is 0 Å². The first-order valence-electron chi connectivity index (χ1n) is 4.36. The Kier molecular flexibility index (Phi) is 3.51. The fourth-order valence-electron chi connectivity index (χ4n) is 0.944. The van der Waals surface area contributed by atoms with Crippen molar-refractivity contribution in [1.82, 2.24) is 10.2 Å². The fraction of sp³-hybridized carbons (Fsp3) is 0.556. The number of aryl methyl sites for hydroxylation is 1. The van der Waals surface area contributed by atoms with Gasteiger partial charge >= 0.3 is 0 Å². The number of hydrogen-bond donors (Lipinski definition) is 1. The highest BCUT2D eigenvalue weighted by atomic mass is 15.2. The lowest BCUT2D eigenvalue weighted by Gasteiger charge is -2.02. The summed E-state index contributed by atoms with van der Waals surface area (Å²) < 4.78 is 0. The highest BCUT2D eigenvalue weighted by Crippen LogP contribution is 2.02. The first-order chi connectivity index (χ1) is 5.83. The molecule has 1 aromatic heterocycles. The van der Waals surface area contributed by atoms with Crippen LogP contribution in [0.4, 0.5) is 5.82 Å². The molecule has 0 amide bonds. The zero-order valence-corrected chi connectivity index (χ0v) is 7.67. The number of rotatable bonds is 4. The van der Waals surface area contributed by atoms with Crippen molar-refractivity contribution in [3.63, 3.8) is 0 Å². The molecule has 1 rings (SSSR count). The molecule has 1 aromatic rings. The summed E-state index contributed by atoms with van der Waals surface area (Å²) in [6.45, 7) is 5.16. The molecule has 0 radical (unpaired) electrons. The minimum absolute atomic E-state index is 0.878. The summed E-state index contributed by atoms with van der Waals surface area (Å²) in [6.07, 6.45) is 4.13. The predicted octanol–water partition coefficient (Wildman–Crippen LogP) is 2.00. The smallest absolute Gasteiger partial charge is 0.148 e. The van der Waals surface area contributed by atoms with Crippen molar-refractivity contribution in [3.8, 4) is 0 Å². The van der Waals surface area contributed by atoms with E-state index in [-0.39, 0.29) is 0 Å². The Labute approximate surface area is 73.2 Å². The highest BCUT2D eigenvalue weighted by molar-refractivity contribution is 5.34. The quantitative estimate of drug-likeness (QED) is 0.693. The second-order valence-electron chi connectivity index (χ2n) is 2.90. The third-order valence-corrected chi connectivity index (χ3v) is 1.63. The number of anilines is 1. The van der Waals surface area contributed by atoms with Crippen LogP contribution in [0.3, 0.4) is 0 Å². The molecule has 0 fully saturated rings. The van der Waals surface area contributed by atoms with Gasteiger partial charge in [-0.1, -0.05) is 13.3 Å². The van der Waals surface area contributed by atoms with E-state index >= 15 is 0 Å². The Hall–Kier alpha value is -1.12. The van der Waals surface area contributed by atoms with Crippen molar-refractivity contribution in [2.75, 3.05) is 11.9 Å². The summed E-state index contributed by atoms with van der Waals surface area (Å²) in [7, 11) is 0. The van der Waals surface area contributed by atoms with E-state index in [0.717, 1.165) is 17.9 Å². The zero-order chi connectivity index (χ0) is 8.81. The standard InChI is InChI=1S/C9H15N3/c1-3-4-5-10-9-6-8(2)7-11-12-9/h6-7H,3-5H2,1-2H3,(H,10,12). The van der Waals surface area contributed by atoms with Crippen molar-refractivity contribution >= 4 is 5.82 Å². The van der Waals surface area contributed by atoms with E-state index in [1.54, 1.807) is 6.20 Å². The molecule has 1 N–H and O–H groups in total. The molecule has 0 aliphatic heterocycles. The first-order valence-corrected chi connectivity index (χ1v) is 4.36. The Bertz CT molecular complexity index is 235. The normalized spacial score (nSPS) is 9.83. The third-order valence-electron chi connectivity index (χ3n) is 1.63. The Balaban J connectivity index is 2.41. The van der Waals surface area contributed by atoms with Crippen LogP contribution in [0.1, 0.15) is 25.3 Å². The van der Waals surface area contributed by atoms with Gasteiger partial charge in [-0.15, -0.1) is 5.10 Å². The highest BCUT2D eigenvalue weighted by Gasteiger charge is 1.92. The van der Waals surface area contributed by atoms with Gasteiger partial charge in [0.25, 0.3) is 0 Å². The lowest BCUT2D eigenvalue weighted by Crippen LogP contribution is -2.03. The van der Waals surface area contributed by atoms with Crippen LogP contribution in [0.5, 0.6) is 0 Å². The van der Waals surface area contributed by atoms with Gasteiger partial charge in [-0.2, -0.15) is 5.10 Å². The molecule has 3 heteroatoms. The summed E-state index contributed by atoms with van der Waals surface area (Å²) in [5.74, 6) is 0.878. The molecular weight excluding hydrogens is 150 g/mol. The van der Waals surface area contributed by atoms with E-state index in [1.807, 2.05) is 13.0 Å². The second-order valence-corrected chi connectivity index (χ2v) is 2.90. The van der Waals surface area contributed by atoms with Gasteiger partial charge in [-0.05, 0) is 25.0 Å². The van der Waals surface area contributed by atoms with Crippen LogP contribution in [0.15, 0.2) is 12.3 Å². The molecule has 1 heterocycles.